The fourth-order valence-corrected chi connectivity index (χ4v) is 5.03. The van der Waals surface area contributed by atoms with Crippen LogP contribution in [0.15, 0.2) is 23.1 Å². The molecule has 1 aromatic rings. The summed E-state index contributed by atoms with van der Waals surface area (Å²) in [6.45, 7) is 0. The molecule has 1 spiro atoms. The Morgan fingerprint density at radius 2 is 1.89 bits per heavy atom. The van der Waals surface area contributed by atoms with Crippen molar-refractivity contribution < 1.29 is 17.6 Å². The van der Waals surface area contributed by atoms with Crippen molar-refractivity contribution in [3.63, 3.8) is 0 Å². The first-order valence-electron chi connectivity index (χ1n) is 5.83. The molecule has 1 N–H and O–H groups in total. The fourth-order valence-electron chi connectivity index (χ4n) is 2.84. The summed E-state index contributed by atoms with van der Waals surface area (Å²) < 4.78 is 36.9. The van der Waals surface area contributed by atoms with Gasteiger partial charge < -0.3 is 5.32 Å². The number of benzene rings is 1. The van der Waals surface area contributed by atoms with Crippen LogP contribution >= 0.6 is 0 Å². The van der Waals surface area contributed by atoms with E-state index in [0.717, 1.165) is 25.0 Å². The predicted molar refractivity (Wildman–Crippen MR) is 63.4 cm³/mol. The van der Waals surface area contributed by atoms with E-state index >= 15 is 0 Å². The molecular weight excluding hydrogens is 257 g/mol. The second-order valence-electron chi connectivity index (χ2n) is 4.80. The summed E-state index contributed by atoms with van der Waals surface area (Å²) in [5.41, 5.74) is 0.0533. The van der Waals surface area contributed by atoms with Crippen LogP contribution in [0, 0.1) is 5.82 Å². The Hall–Kier alpha value is -1.43. The van der Waals surface area contributed by atoms with Crippen LogP contribution in [-0.4, -0.2) is 19.1 Å². The first-order valence-corrected chi connectivity index (χ1v) is 7.31. The third kappa shape index (κ3) is 1.29. The number of anilines is 1. The third-order valence-electron chi connectivity index (χ3n) is 3.82. The molecule has 0 atom stereocenters. The number of sulfone groups is 1. The lowest BCUT2D eigenvalue weighted by Gasteiger charge is -2.33. The highest BCUT2D eigenvalue weighted by Crippen LogP contribution is 2.46. The Labute approximate surface area is 104 Å². The summed E-state index contributed by atoms with van der Waals surface area (Å²) in [5.74, 6) is -1.08. The summed E-state index contributed by atoms with van der Waals surface area (Å²) in [6, 6.07) is 3.39. The molecule has 18 heavy (non-hydrogen) atoms. The van der Waals surface area contributed by atoms with Gasteiger partial charge in [-0.1, -0.05) is 12.8 Å². The van der Waals surface area contributed by atoms with E-state index in [1.54, 1.807) is 0 Å². The van der Waals surface area contributed by atoms with Crippen molar-refractivity contribution in [2.45, 2.75) is 35.3 Å². The monoisotopic (exact) mass is 269 g/mol. The molecule has 1 aliphatic heterocycles. The van der Waals surface area contributed by atoms with E-state index < -0.39 is 26.3 Å². The normalized spacial score (nSPS) is 23.7. The molecule has 96 valence electrons. The molecule has 0 bridgehead atoms. The maximum atomic E-state index is 13.1. The van der Waals surface area contributed by atoms with Gasteiger partial charge in [0, 0.05) is 0 Å². The molecule has 6 heteroatoms. The Morgan fingerprint density at radius 3 is 2.56 bits per heavy atom. The Morgan fingerprint density at radius 1 is 1.22 bits per heavy atom. The number of amides is 1. The van der Waals surface area contributed by atoms with Gasteiger partial charge >= 0.3 is 0 Å². The molecule has 1 amide bonds. The van der Waals surface area contributed by atoms with Gasteiger partial charge in [0.05, 0.1) is 10.6 Å². The van der Waals surface area contributed by atoms with Gasteiger partial charge in [0.1, 0.15) is 5.82 Å². The second-order valence-corrected chi connectivity index (χ2v) is 7.03. The summed E-state index contributed by atoms with van der Waals surface area (Å²) in [6.07, 6.45) is 2.14. The highest BCUT2D eigenvalue weighted by molar-refractivity contribution is 7.94. The van der Waals surface area contributed by atoms with Crippen LogP contribution in [0.1, 0.15) is 25.7 Å². The Kier molecular flexibility index (Phi) is 2.29. The predicted octanol–water partition coefficient (Wildman–Crippen LogP) is 1.86. The molecule has 1 aromatic carbocycles. The summed E-state index contributed by atoms with van der Waals surface area (Å²) >= 11 is 0. The number of fused-ring (bicyclic) bond motifs is 1. The average molecular weight is 269 g/mol. The summed E-state index contributed by atoms with van der Waals surface area (Å²) in [4.78, 5) is 12.1. The molecular formula is C12H12FNO3S. The van der Waals surface area contributed by atoms with Crippen LogP contribution in [0.5, 0.6) is 0 Å². The van der Waals surface area contributed by atoms with Crippen molar-refractivity contribution >= 4 is 21.4 Å². The average Bonchev–Trinajstić information content (AvgIpc) is 2.77. The number of hydrogen-bond donors (Lipinski definition) is 1. The first kappa shape index (κ1) is 11.6. The zero-order chi connectivity index (χ0) is 13.0. The summed E-state index contributed by atoms with van der Waals surface area (Å²) in [5, 5.41) is 2.53. The van der Waals surface area contributed by atoms with E-state index in [2.05, 4.69) is 5.32 Å². The van der Waals surface area contributed by atoms with Crippen molar-refractivity contribution in [2.24, 2.45) is 0 Å². The lowest BCUT2D eigenvalue weighted by molar-refractivity contribution is -0.118. The van der Waals surface area contributed by atoms with Crippen LogP contribution in [0.2, 0.25) is 0 Å². The third-order valence-corrected chi connectivity index (χ3v) is 6.38. The minimum Gasteiger partial charge on any atom is -0.323 e. The van der Waals surface area contributed by atoms with Crippen molar-refractivity contribution in [1.29, 1.82) is 0 Å². The highest BCUT2D eigenvalue weighted by Gasteiger charge is 2.56. The van der Waals surface area contributed by atoms with E-state index in [-0.39, 0.29) is 10.6 Å². The van der Waals surface area contributed by atoms with Gasteiger partial charge in [-0.3, -0.25) is 4.79 Å². The van der Waals surface area contributed by atoms with Crippen LogP contribution in [0.25, 0.3) is 0 Å². The molecule has 0 saturated heterocycles. The minimum absolute atomic E-state index is 0.0328. The highest BCUT2D eigenvalue weighted by atomic mass is 32.2. The first-order chi connectivity index (χ1) is 8.47. The number of rotatable bonds is 0. The number of carbonyl (C=O) groups excluding carboxylic acids is 1. The van der Waals surface area contributed by atoms with E-state index in [4.69, 9.17) is 0 Å². The maximum absolute atomic E-state index is 13.1. The van der Waals surface area contributed by atoms with Gasteiger partial charge in [-0.2, -0.15) is 0 Å². The van der Waals surface area contributed by atoms with Crippen LogP contribution in [0.3, 0.4) is 0 Å². The van der Waals surface area contributed by atoms with E-state index in [0.29, 0.717) is 12.8 Å². The standard InChI is InChI=1S/C12H12FNO3S/c13-8-3-4-10-9(7-8)14-11(15)12(18(10,16)17)5-1-2-6-12/h3-4,7H,1-2,5-6H2,(H,14,15). The fraction of sp³-hybridized carbons (Fsp3) is 0.417. The van der Waals surface area contributed by atoms with E-state index in [1.165, 1.54) is 6.07 Å². The quantitative estimate of drug-likeness (QED) is 0.731. The van der Waals surface area contributed by atoms with Gasteiger partial charge in [0.25, 0.3) is 0 Å². The molecule has 1 fully saturated rings. The molecule has 3 rings (SSSR count). The number of nitrogens with one attached hydrogen (secondary N) is 1. The van der Waals surface area contributed by atoms with Crippen molar-refractivity contribution in [1.82, 2.24) is 0 Å². The number of carbonyl (C=O) groups is 1. The van der Waals surface area contributed by atoms with Crippen LogP contribution < -0.4 is 5.32 Å². The van der Waals surface area contributed by atoms with Crippen molar-refractivity contribution in [2.75, 3.05) is 5.32 Å². The zero-order valence-electron chi connectivity index (χ0n) is 9.57. The Balaban J connectivity index is 2.26. The maximum Gasteiger partial charge on any atom is 0.246 e. The molecule has 1 saturated carbocycles. The van der Waals surface area contributed by atoms with Crippen LogP contribution in [0.4, 0.5) is 10.1 Å². The molecule has 4 nitrogen and oxygen atoms in total. The SMILES string of the molecule is O=C1Nc2cc(F)ccc2S(=O)(=O)C12CCCC2. The largest absolute Gasteiger partial charge is 0.323 e. The molecule has 1 aliphatic carbocycles. The van der Waals surface area contributed by atoms with Crippen molar-refractivity contribution in [3.05, 3.63) is 24.0 Å². The smallest absolute Gasteiger partial charge is 0.246 e. The molecule has 2 aliphatic rings. The number of halogens is 1. The van der Waals surface area contributed by atoms with Crippen molar-refractivity contribution in [3.8, 4) is 0 Å². The lowest BCUT2D eigenvalue weighted by Crippen LogP contribution is -2.50. The van der Waals surface area contributed by atoms with Crippen LogP contribution in [-0.2, 0) is 14.6 Å². The lowest BCUT2D eigenvalue weighted by atomic mass is 10.1. The molecule has 0 aromatic heterocycles. The minimum atomic E-state index is -3.73. The topological polar surface area (TPSA) is 63.2 Å². The zero-order valence-corrected chi connectivity index (χ0v) is 10.4. The molecule has 0 radical (unpaired) electrons. The summed E-state index contributed by atoms with van der Waals surface area (Å²) in [7, 11) is -3.73. The van der Waals surface area contributed by atoms with E-state index in [9.17, 15) is 17.6 Å². The second kappa shape index (κ2) is 3.54. The van der Waals surface area contributed by atoms with Gasteiger partial charge in [-0.25, -0.2) is 12.8 Å². The van der Waals surface area contributed by atoms with E-state index in [1.807, 2.05) is 0 Å². The molecule has 0 unspecified atom stereocenters. The number of hydrogen-bond acceptors (Lipinski definition) is 3. The molecule has 1 heterocycles. The Bertz CT molecular complexity index is 633. The van der Waals surface area contributed by atoms with Gasteiger partial charge in [0.2, 0.25) is 5.91 Å². The van der Waals surface area contributed by atoms with Gasteiger partial charge in [-0.15, -0.1) is 0 Å². The van der Waals surface area contributed by atoms with Gasteiger partial charge in [0.15, 0.2) is 14.6 Å². The van der Waals surface area contributed by atoms with Gasteiger partial charge in [-0.05, 0) is 31.0 Å².